The molecule has 4 heteroatoms. The van der Waals surface area contributed by atoms with Gasteiger partial charge in [-0.3, -0.25) is 9.69 Å². The molecule has 1 aliphatic rings. The molecule has 1 aliphatic heterocycles. The van der Waals surface area contributed by atoms with Gasteiger partial charge in [0.25, 0.3) is 0 Å². The van der Waals surface area contributed by atoms with E-state index in [1.807, 2.05) is 0 Å². The maximum Gasteiger partial charge on any atom is 0.237 e. The molecule has 0 aliphatic carbocycles. The average molecular weight is 284 g/mol. The first-order valence-corrected chi connectivity index (χ1v) is 8.21. The lowest BCUT2D eigenvalue weighted by Gasteiger charge is -2.41. The van der Waals surface area contributed by atoms with Crippen LogP contribution >= 0.6 is 0 Å². The van der Waals surface area contributed by atoms with Crippen molar-refractivity contribution in [1.29, 1.82) is 0 Å². The molecule has 1 heterocycles. The summed E-state index contributed by atoms with van der Waals surface area (Å²) in [6.45, 7) is 9.76. The summed E-state index contributed by atoms with van der Waals surface area (Å²) in [5.41, 5.74) is 0. The van der Waals surface area contributed by atoms with E-state index in [1.165, 1.54) is 6.42 Å². The van der Waals surface area contributed by atoms with Crippen molar-refractivity contribution >= 4 is 5.91 Å². The fraction of sp³-hybridized carbons (Fsp3) is 0.938. The third kappa shape index (κ3) is 4.45. The highest BCUT2D eigenvalue weighted by Crippen LogP contribution is 2.23. The molecule has 0 bridgehead atoms. The van der Waals surface area contributed by atoms with E-state index in [9.17, 15) is 9.90 Å². The zero-order valence-electron chi connectivity index (χ0n) is 13.6. The summed E-state index contributed by atoms with van der Waals surface area (Å²) in [6, 6.07) is 1.09. The molecule has 2 unspecified atom stereocenters. The predicted molar refractivity (Wildman–Crippen MR) is 82.6 cm³/mol. The topological polar surface area (TPSA) is 43.8 Å². The summed E-state index contributed by atoms with van der Waals surface area (Å²) in [7, 11) is 0. The van der Waals surface area contributed by atoms with Crippen LogP contribution in [0.25, 0.3) is 0 Å². The highest BCUT2D eigenvalue weighted by Gasteiger charge is 2.30. The molecule has 0 aromatic carbocycles. The second-order valence-corrected chi connectivity index (χ2v) is 6.09. The van der Waals surface area contributed by atoms with Crippen LogP contribution in [0.3, 0.4) is 0 Å². The third-order valence-corrected chi connectivity index (χ3v) is 4.67. The van der Waals surface area contributed by atoms with Crippen LogP contribution in [0.2, 0.25) is 0 Å². The van der Waals surface area contributed by atoms with Gasteiger partial charge in [0.15, 0.2) is 0 Å². The summed E-state index contributed by atoms with van der Waals surface area (Å²) < 4.78 is 0. The second-order valence-electron chi connectivity index (χ2n) is 6.09. The number of nitrogens with zero attached hydrogens (tertiary/aromatic N) is 2. The van der Waals surface area contributed by atoms with Crippen LogP contribution in [-0.4, -0.2) is 58.6 Å². The molecule has 1 saturated heterocycles. The van der Waals surface area contributed by atoms with Gasteiger partial charge in [-0.15, -0.1) is 0 Å². The minimum Gasteiger partial charge on any atom is -0.395 e. The normalized spacial score (nSPS) is 23.6. The van der Waals surface area contributed by atoms with Crippen molar-refractivity contribution in [3.8, 4) is 0 Å². The zero-order valence-corrected chi connectivity index (χ0v) is 13.6. The van der Waals surface area contributed by atoms with Crippen molar-refractivity contribution in [1.82, 2.24) is 9.80 Å². The Kier molecular flexibility index (Phi) is 7.52. The van der Waals surface area contributed by atoms with Gasteiger partial charge in [0.05, 0.1) is 13.2 Å². The van der Waals surface area contributed by atoms with E-state index in [1.54, 1.807) is 0 Å². The summed E-state index contributed by atoms with van der Waals surface area (Å²) in [6.07, 6.45) is 5.49. The number of aliphatic hydroxyl groups excluding tert-OH is 1. The number of hydrogen-bond acceptors (Lipinski definition) is 3. The average Bonchev–Trinajstić information content (AvgIpc) is 2.40. The number of carbonyl (C=O) groups excluding carboxylic acids is 1. The number of amides is 1. The van der Waals surface area contributed by atoms with Crippen molar-refractivity contribution in [2.24, 2.45) is 0 Å². The number of likely N-dealkylation sites (tertiary alicyclic amines) is 1. The fourth-order valence-corrected chi connectivity index (χ4v) is 3.49. The Balaban J connectivity index is 2.68. The van der Waals surface area contributed by atoms with E-state index < -0.39 is 0 Å². The number of piperidine rings is 1. The Bertz CT molecular complexity index is 282. The van der Waals surface area contributed by atoms with Crippen molar-refractivity contribution in [2.45, 2.75) is 77.9 Å². The molecule has 118 valence electrons. The molecule has 0 aromatic rings. The van der Waals surface area contributed by atoms with E-state index >= 15 is 0 Å². The molecule has 1 N–H and O–H groups in total. The molecule has 2 atom stereocenters. The minimum absolute atomic E-state index is 0.120. The molecule has 1 amide bonds. The van der Waals surface area contributed by atoms with Crippen LogP contribution in [0, 0.1) is 0 Å². The highest BCUT2D eigenvalue weighted by molar-refractivity contribution is 5.79. The monoisotopic (exact) mass is 284 g/mol. The molecule has 20 heavy (non-hydrogen) atoms. The van der Waals surface area contributed by atoms with E-state index in [0.29, 0.717) is 31.2 Å². The molecule has 1 fully saturated rings. The molecule has 0 aromatic heterocycles. The first kappa shape index (κ1) is 17.4. The first-order valence-electron chi connectivity index (χ1n) is 8.21. The van der Waals surface area contributed by atoms with Gasteiger partial charge in [0, 0.05) is 24.7 Å². The lowest BCUT2D eigenvalue weighted by atomic mass is 9.97. The SMILES string of the molecule is CCC(CC)N(CCO)CC(=O)N1C(C)CCCC1C. The lowest BCUT2D eigenvalue weighted by molar-refractivity contribution is -0.139. The Labute approximate surface area is 124 Å². The van der Waals surface area contributed by atoms with Gasteiger partial charge in [-0.05, 0) is 46.0 Å². The van der Waals surface area contributed by atoms with Crippen LogP contribution in [-0.2, 0) is 4.79 Å². The van der Waals surface area contributed by atoms with Gasteiger partial charge in [0.2, 0.25) is 5.91 Å². The van der Waals surface area contributed by atoms with Gasteiger partial charge in [-0.1, -0.05) is 13.8 Å². The van der Waals surface area contributed by atoms with Gasteiger partial charge in [0.1, 0.15) is 0 Å². The highest BCUT2D eigenvalue weighted by atomic mass is 16.3. The minimum atomic E-state index is 0.120. The molecule has 1 rings (SSSR count). The van der Waals surface area contributed by atoms with Crippen LogP contribution in [0.1, 0.15) is 59.8 Å². The summed E-state index contributed by atoms with van der Waals surface area (Å²) in [5, 5.41) is 9.24. The van der Waals surface area contributed by atoms with Crippen LogP contribution in [0.4, 0.5) is 0 Å². The number of rotatable bonds is 7. The van der Waals surface area contributed by atoms with E-state index in [0.717, 1.165) is 25.7 Å². The largest absolute Gasteiger partial charge is 0.395 e. The molecule has 4 nitrogen and oxygen atoms in total. The standard InChI is InChI=1S/C16H32N2O2/c1-5-15(6-2)17(10-11-19)12-16(20)18-13(3)8-7-9-14(18)4/h13-15,19H,5-12H2,1-4H3. The maximum atomic E-state index is 12.6. The molecule has 0 saturated carbocycles. The number of hydrogen-bond donors (Lipinski definition) is 1. The van der Waals surface area contributed by atoms with Crippen molar-refractivity contribution in [2.75, 3.05) is 19.7 Å². The van der Waals surface area contributed by atoms with Gasteiger partial charge in [-0.25, -0.2) is 0 Å². The summed E-state index contributed by atoms with van der Waals surface area (Å²) in [5.74, 6) is 0.227. The number of aliphatic hydroxyl groups is 1. The zero-order chi connectivity index (χ0) is 15.1. The van der Waals surface area contributed by atoms with Crippen LogP contribution in [0.15, 0.2) is 0 Å². The van der Waals surface area contributed by atoms with Crippen LogP contribution < -0.4 is 0 Å². The Morgan fingerprint density at radius 1 is 1.25 bits per heavy atom. The quantitative estimate of drug-likeness (QED) is 0.780. The second kappa shape index (κ2) is 8.63. The Hall–Kier alpha value is -0.610. The van der Waals surface area contributed by atoms with Crippen molar-refractivity contribution < 1.29 is 9.90 Å². The lowest BCUT2D eigenvalue weighted by Crippen LogP contribution is -2.52. The van der Waals surface area contributed by atoms with Gasteiger partial charge >= 0.3 is 0 Å². The number of carbonyl (C=O) groups is 1. The summed E-state index contributed by atoms with van der Waals surface area (Å²) >= 11 is 0. The van der Waals surface area contributed by atoms with Crippen molar-refractivity contribution in [3.63, 3.8) is 0 Å². The summed E-state index contributed by atoms with van der Waals surface area (Å²) in [4.78, 5) is 16.9. The van der Waals surface area contributed by atoms with E-state index in [4.69, 9.17) is 0 Å². The van der Waals surface area contributed by atoms with E-state index in [-0.39, 0.29) is 12.5 Å². The van der Waals surface area contributed by atoms with Crippen molar-refractivity contribution in [3.05, 3.63) is 0 Å². The molecule has 0 radical (unpaired) electrons. The van der Waals surface area contributed by atoms with Gasteiger partial charge < -0.3 is 10.0 Å². The molecular weight excluding hydrogens is 252 g/mol. The Morgan fingerprint density at radius 3 is 2.25 bits per heavy atom. The van der Waals surface area contributed by atoms with Crippen LogP contribution in [0.5, 0.6) is 0 Å². The fourth-order valence-electron chi connectivity index (χ4n) is 3.49. The molecule has 0 spiro atoms. The van der Waals surface area contributed by atoms with E-state index in [2.05, 4.69) is 37.5 Å². The third-order valence-electron chi connectivity index (χ3n) is 4.67. The predicted octanol–water partition coefficient (Wildman–Crippen LogP) is 2.26. The maximum absolute atomic E-state index is 12.6. The van der Waals surface area contributed by atoms with Gasteiger partial charge in [-0.2, -0.15) is 0 Å². The molecular formula is C16H32N2O2. The first-order chi connectivity index (χ1) is 9.54. The smallest absolute Gasteiger partial charge is 0.237 e. The Morgan fingerprint density at radius 2 is 1.80 bits per heavy atom.